The summed E-state index contributed by atoms with van der Waals surface area (Å²) in [6.45, 7) is 6.09. The maximum atomic E-state index is 5.63. The van der Waals surface area contributed by atoms with Crippen LogP contribution in [0.4, 0.5) is 0 Å². The molecule has 0 radical (unpaired) electrons. The van der Waals surface area contributed by atoms with Gasteiger partial charge >= 0.3 is 0 Å². The number of hydrogen-bond donors (Lipinski definition) is 0. The Morgan fingerprint density at radius 1 is 0.864 bits per heavy atom. The maximum absolute atomic E-state index is 5.63. The summed E-state index contributed by atoms with van der Waals surface area (Å²) in [4.78, 5) is 0. The molecule has 0 N–H and O–H groups in total. The van der Waals surface area contributed by atoms with Gasteiger partial charge in [-0.25, -0.2) is 0 Å². The molecule has 1 aliphatic heterocycles. The molecule has 2 aliphatic rings. The summed E-state index contributed by atoms with van der Waals surface area (Å²) in [6.07, 6.45) is 9.38. The third-order valence-electron chi connectivity index (χ3n) is 4.96. The monoisotopic (exact) mass is 300 g/mol. The number of benzene rings is 1. The quantitative estimate of drug-likeness (QED) is 0.782. The molecule has 0 atom stereocenters. The summed E-state index contributed by atoms with van der Waals surface area (Å²) in [5.74, 6) is 2.18. The van der Waals surface area contributed by atoms with E-state index in [1.165, 1.54) is 36.8 Å². The molecule has 1 saturated carbocycles. The van der Waals surface area contributed by atoms with Crippen molar-refractivity contribution in [1.82, 2.24) is 0 Å². The SMILES string of the molecule is CC1CCC(c2ccc(/C=C/C3OCC(C)CO3)cc2)CC1. The van der Waals surface area contributed by atoms with Gasteiger partial charge in [0.2, 0.25) is 0 Å². The first kappa shape index (κ1) is 15.8. The van der Waals surface area contributed by atoms with Gasteiger partial charge in [-0.05, 0) is 41.9 Å². The molecule has 1 saturated heterocycles. The van der Waals surface area contributed by atoms with E-state index in [1.54, 1.807) is 0 Å². The lowest BCUT2D eigenvalue weighted by atomic mass is 9.79. The number of hydrogen-bond acceptors (Lipinski definition) is 2. The highest BCUT2D eigenvalue weighted by atomic mass is 16.7. The van der Waals surface area contributed by atoms with Crippen LogP contribution in [0, 0.1) is 11.8 Å². The van der Waals surface area contributed by atoms with Crippen LogP contribution in [0.2, 0.25) is 0 Å². The van der Waals surface area contributed by atoms with E-state index in [2.05, 4.69) is 44.2 Å². The lowest BCUT2D eigenvalue weighted by molar-refractivity contribution is -0.170. The molecule has 120 valence electrons. The largest absolute Gasteiger partial charge is 0.349 e. The molecular formula is C20H28O2. The Morgan fingerprint density at radius 3 is 2.14 bits per heavy atom. The van der Waals surface area contributed by atoms with Crippen molar-refractivity contribution in [3.05, 3.63) is 41.5 Å². The standard InChI is InChI=1S/C20H28O2/c1-15-3-8-18(9-4-15)19-10-5-17(6-11-19)7-12-20-21-13-16(2)14-22-20/h5-7,10-12,15-16,18,20H,3-4,8-9,13-14H2,1-2H3/b12-7+. The van der Waals surface area contributed by atoms with Crippen molar-refractivity contribution in [3.8, 4) is 0 Å². The maximum Gasteiger partial charge on any atom is 0.177 e. The lowest BCUT2D eigenvalue weighted by Crippen LogP contribution is -2.28. The first-order valence-electron chi connectivity index (χ1n) is 8.72. The van der Waals surface area contributed by atoms with Crippen LogP contribution >= 0.6 is 0 Å². The molecule has 0 aromatic heterocycles. The highest BCUT2D eigenvalue weighted by Crippen LogP contribution is 2.35. The first-order chi connectivity index (χ1) is 10.7. The summed E-state index contributed by atoms with van der Waals surface area (Å²) >= 11 is 0. The van der Waals surface area contributed by atoms with Crippen LogP contribution < -0.4 is 0 Å². The molecule has 2 heteroatoms. The van der Waals surface area contributed by atoms with E-state index >= 15 is 0 Å². The first-order valence-corrected chi connectivity index (χ1v) is 8.72. The van der Waals surface area contributed by atoms with Crippen molar-refractivity contribution in [2.75, 3.05) is 13.2 Å². The second-order valence-electron chi connectivity index (χ2n) is 7.12. The smallest absolute Gasteiger partial charge is 0.177 e. The third-order valence-corrected chi connectivity index (χ3v) is 4.96. The zero-order chi connectivity index (χ0) is 15.4. The van der Waals surface area contributed by atoms with E-state index in [-0.39, 0.29) is 6.29 Å². The van der Waals surface area contributed by atoms with Crippen molar-refractivity contribution >= 4 is 6.08 Å². The molecule has 0 spiro atoms. The van der Waals surface area contributed by atoms with Crippen LogP contribution in [0.3, 0.4) is 0 Å². The fraction of sp³-hybridized carbons (Fsp3) is 0.600. The third kappa shape index (κ3) is 4.21. The molecule has 0 amide bonds. The summed E-state index contributed by atoms with van der Waals surface area (Å²) in [7, 11) is 0. The van der Waals surface area contributed by atoms with E-state index in [1.807, 2.05) is 6.08 Å². The molecular weight excluding hydrogens is 272 g/mol. The second-order valence-corrected chi connectivity index (χ2v) is 7.12. The van der Waals surface area contributed by atoms with Crippen LogP contribution in [-0.2, 0) is 9.47 Å². The highest BCUT2D eigenvalue weighted by Gasteiger charge is 2.19. The van der Waals surface area contributed by atoms with Crippen molar-refractivity contribution in [1.29, 1.82) is 0 Å². The van der Waals surface area contributed by atoms with E-state index in [9.17, 15) is 0 Å². The predicted octanol–water partition coefficient (Wildman–Crippen LogP) is 5.00. The summed E-state index contributed by atoms with van der Waals surface area (Å²) in [5, 5.41) is 0. The van der Waals surface area contributed by atoms with Crippen LogP contribution in [0.1, 0.15) is 56.6 Å². The summed E-state index contributed by atoms with van der Waals surface area (Å²) < 4.78 is 11.3. The number of ether oxygens (including phenoxy) is 2. The van der Waals surface area contributed by atoms with Gasteiger partial charge in [-0.15, -0.1) is 0 Å². The topological polar surface area (TPSA) is 18.5 Å². The fourth-order valence-electron chi connectivity index (χ4n) is 3.39. The van der Waals surface area contributed by atoms with Crippen molar-refractivity contribution in [2.45, 2.75) is 51.7 Å². The second kappa shape index (κ2) is 7.43. The Bertz CT molecular complexity index is 475. The van der Waals surface area contributed by atoms with E-state index in [0.717, 1.165) is 25.0 Å². The zero-order valence-corrected chi connectivity index (χ0v) is 13.8. The molecule has 1 heterocycles. The van der Waals surface area contributed by atoms with Gasteiger partial charge in [0.05, 0.1) is 13.2 Å². The summed E-state index contributed by atoms with van der Waals surface area (Å²) in [5.41, 5.74) is 2.72. The average Bonchev–Trinajstić information content (AvgIpc) is 2.56. The molecule has 1 aromatic rings. The molecule has 0 bridgehead atoms. The van der Waals surface area contributed by atoms with Gasteiger partial charge in [-0.2, -0.15) is 0 Å². The minimum Gasteiger partial charge on any atom is -0.349 e. The van der Waals surface area contributed by atoms with Gasteiger partial charge < -0.3 is 9.47 Å². The van der Waals surface area contributed by atoms with Crippen molar-refractivity contribution < 1.29 is 9.47 Å². The van der Waals surface area contributed by atoms with Crippen molar-refractivity contribution in [2.24, 2.45) is 11.8 Å². The Morgan fingerprint density at radius 2 is 1.50 bits per heavy atom. The molecule has 2 nitrogen and oxygen atoms in total. The molecule has 22 heavy (non-hydrogen) atoms. The Balaban J connectivity index is 1.55. The normalized spacial score (nSPS) is 33.2. The van der Waals surface area contributed by atoms with Gasteiger partial charge in [0.15, 0.2) is 6.29 Å². The van der Waals surface area contributed by atoms with Crippen LogP contribution in [0.15, 0.2) is 30.3 Å². The van der Waals surface area contributed by atoms with Gasteiger partial charge in [0.1, 0.15) is 0 Å². The van der Waals surface area contributed by atoms with Crippen molar-refractivity contribution in [3.63, 3.8) is 0 Å². The minimum atomic E-state index is -0.185. The minimum absolute atomic E-state index is 0.185. The van der Waals surface area contributed by atoms with Gasteiger partial charge in [-0.1, -0.05) is 57.0 Å². The number of rotatable bonds is 3. The zero-order valence-electron chi connectivity index (χ0n) is 13.8. The van der Waals surface area contributed by atoms with Crippen LogP contribution in [0.5, 0.6) is 0 Å². The highest BCUT2D eigenvalue weighted by molar-refractivity contribution is 5.50. The van der Waals surface area contributed by atoms with Gasteiger partial charge in [0, 0.05) is 5.92 Å². The van der Waals surface area contributed by atoms with E-state index < -0.39 is 0 Å². The summed E-state index contributed by atoms with van der Waals surface area (Å²) in [6, 6.07) is 9.03. The Kier molecular flexibility index (Phi) is 5.32. The molecule has 2 fully saturated rings. The van der Waals surface area contributed by atoms with Crippen LogP contribution in [-0.4, -0.2) is 19.5 Å². The molecule has 1 aromatic carbocycles. The van der Waals surface area contributed by atoms with E-state index in [0.29, 0.717) is 5.92 Å². The molecule has 1 aliphatic carbocycles. The molecule has 0 unspecified atom stereocenters. The average molecular weight is 300 g/mol. The fourth-order valence-corrected chi connectivity index (χ4v) is 3.39. The lowest BCUT2D eigenvalue weighted by Gasteiger charge is -2.26. The van der Waals surface area contributed by atoms with Gasteiger partial charge in [0.25, 0.3) is 0 Å². The Hall–Kier alpha value is -1.12. The predicted molar refractivity (Wildman–Crippen MR) is 90.7 cm³/mol. The van der Waals surface area contributed by atoms with Crippen LogP contribution in [0.25, 0.3) is 6.08 Å². The van der Waals surface area contributed by atoms with Gasteiger partial charge in [-0.3, -0.25) is 0 Å². The van der Waals surface area contributed by atoms with E-state index in [4.69, 9.17) is 9.47 Å². The Labute approximate surface area is 134 Å². The molecule has 3 rings (SSSR count).